The molecule has 0 spiro atoms. The van der Waals surface area contributed by atoms with E-state index < -0.39 is 11.9 Å². The lowest BCUT2D eigenvalue weighted by atomic mass is 10.5. The van der Waals surface area contributed by atoms with Gasteiger partial charge in [0.15, 0.2) is 0 Å². The zero-order chi connectivity index (χ0) is 10.4. The Morgan fingerprint density at radius 3 is 2.31 bits per heavy atom. The van der Waals surface area contributed by atoms with Crippen molar-refractivity contribution in [2.45, 2.75) is 26.9 Å². The lowest BCUT2D eigenvalue weighted by Crippen LogP contribution is -2.16. The van der Waals surface area contributed by atoms with Crippen molar-refractivity contribution in [2.24, 2.45) is 5.16 Å². The molecule has 0 saturated carbocycles. The molecule has 5 nitrogen and oxygen atoms in total. The summed E-state index contributed by atoms with van der Waals surface area (Å²) in [5, 5.41) is 3.38. The number of hydrogen-bond donors (Lipinski definition) is 0. The summed E-state index contributed by atoms with van der Waals surface area (Å²) in [7, 11) is 0. The van der Waals surface area contributed by atoms with E-state index in [0.29, 0.717) is 0 Å². The Balaban J connectivity index is 4.09. The summed E-state index contributed by atoms with van der Waals surface area (Å²) in [5.41, 5.74) is 0. The van der Waals surface area contributed by atoms with Crippen LogP contribution in [0.1, 0.15) is 20.8 Å². The number of halogens is 1. The zero-order valence-corrected chi connectivity index (χ0v) is 9.12. The Hall–Kier alpha value is -0.910. The first kappa shape index (κ1) is 12.1. The standard InChI is InChI=1S/C7H10BrNO4/c1-4(2)13-9-6(8)7(11)12-5(3)10/h4H,1-3H3/b9-6-. The van der Waals surface area contributed by atoms with Gasteiger partial charge in [-0.2, -0.15) is 0 Å². The maximum Gasteiger partial charge on any atom is 0.375 e. The second-order valence-electron chi connectivity index (χ2n) is 2.42. The number of esters is 2. The largest absolute Gasteiger partial charge is 0.392 e. The van der Waals surface area contributed by atoms with Crippen molar-refractivity contribution in [1.29, 1.82) is 0 Å². The highest BCUT2D eigenvalue weighted by atomic mass is 79.9. The SMILES string of the molecule is CC(=O)OC(=O)/C(Br)=N/OC(C)C. The predicted octanol–water partition coefficient (Wildman–Crippen LogP) is 1.21. The van der Waals surface area contributed by atoms with Gasteiger partial charge < -0.3 is 9.57 Å². The fraction of sp³-hybridized carbons (Fsp3) is 0.571. The summed E-state index contributed by atoms with van der Waals surface area (Å²) in [4.78, 5) is 25.9. The van der Waals surface area contributed by atoms with E-state index in [1.54, 1.807) is 13.8 Å². The molecule has 0 aromatic rings. The van der Waals surface area contributed by atoms with E-state index in [-0.39, 0.29) is 10.7 Å². The van der Waals surface area contributed by atoms with Gasteiger partial charge in [-0.15, -0.1) is 0 Å². The molecule has 0 aromatic carbocycles. The zero-order valence-electron chi connectivity index (χ0n) is 7.54. The number of rotatable bonds is 3. The van der Waals surface area contributed by atoms with Crippen LogP contribution in [0.2, 0.25) is 0 Å². The van der Waals surface area contributed by atoms with Gasteiger partial charge in [-0.05, 0) is 29.8 Å². The highest BCUT2D eigenvalue weighted by Gasteiger charge is 2.12. The van der Waals surface area contributed by atoms with Crippen molar-refractivity contribution in [3.8, 4) is 0 Å². The second-order valence-corrected chi connectivity index (χ2v) is 3.17. The monoisotopic (exact) mass is 251 g/mol. The van der Waals surface area contributed by atoms with Crippen LogP contribution >= 0.6 is 15.9 Å². The molecule has 13 heavy (non-hydrogen) atoms. The van der Waals surface area contributed by atoms with E-state index in [4.69, 9.17) is 4.84 Å². The summed E-state index contributed by atoms with van der Waals surface area (Å²) in [5.74, 6) is -1.56. The highest BCUT2D eigenvalue weighted by molar-refractivity contribution is 9.19. The number of oxime groups is 1. The smallest absolute Gasteiger partial charge is 0.375 e. The van der Waals surface area contributed by atoms with Crippen molar-refractivity contribution in [3.63, 3.8) is 0 Å². The minimum absolute atomic E-state index is 0.141. The molecule has 0 unspecified atom stereocenters. The van der Waals surface area contributed by atoms with Crippen molar-refractivity contribution in [1.82, 2.24) is 0 Å². The normalized spacial score (nSPS) is 11.3. The molecule has 0 N–H and O–H groups in total. The number of nitrogens with zero attached hydrogens (tertiary/aromatic N) is 1. The maximum absolute atomic E-state index is 10.9. The third kappa shape index (κ3) is 6.27. The Kier molecular flexibility index (Phi) is 5.29. The Bertz CT molecular complexity index is 237. The third-order valence-corrected chi connectivity index (χ3v) is 1.22. The molecule has 0 aliphatic carbocycles. The molecule has 0 aliphatic heterocycles. The third-order valence-electron chi connectivity index (χ3n) is 0.749. The molecule has 0 rings (SSSR count). The number of carbonyl (C=O) groups is 2. The van der Waals surface area contributed by atoms with Crippen LogP contribution in [0.4, 0.5) is 0 Å². The quantitative estimate of drug-likeness (QED) is 0.327. The molecule has 0 amide bonds. The summed E-state index contributed by atoms with van der Waals surface area (Å²) in [6, 6.07) is 0. The fourth-order valence-corrected chi connectivity index (χ4v) is 0.526. The van der Waals surface area contributed by atoms with Crippen LogP contribution in [0.3, 0.4) is 0 Å². The van der Waals surface area contributed by atoms with Crippen molar-refractivity contribution in [2.75, 3.05) is 0 Å². The molecule has 0 aliphatic rings. The van der Waals surface area contributed by atoms with Crippen LogP contribution in [0, 0.1) is 0 Å². The average molecular weight is 252 g/mol. The molecule has 0 fully saturated rings. The first-order chi connectivity index (χ1) is 5.93. The first-order valence-corrected chi connectivity index (χ1v) is 4.35. The maximum atomic E-state index is 10.9. The Morgan fingerprint density at radius 2 is 1.92 bits per heavy atom. The topological polar surface area (TPSA) is 65.0 Å². The molecule has 0 bridgehead atoms. The van der Waals surface area contributed by atoms with E-state index in [9.17, 15) is 9.59 Å². The van der Waals surface area contributed by atoms with Gasteiger partial charge in [0.25, 0.3) is 0 Å². The lowest BCUT2D eigenvalue weighted by Gasteiger charge is -2.02. The van der Waals surface area contributed by atoms with E-state index in [1.807, 2.05) is 0 Å². The van der Waals surface area contributed by atoms with Gasteiger partial charge in [0.05, 0.1) is 0 Å². The molecule has 74 valence electrons. The highest BCUT2D eigenvalue weighted by Crippen LogP contribution is 1.98. The average Bonchev–Trinajstić information content (AvgIpc) is 1.98. The lowest BCUT2D eigenvalue weighted by molar-refractivity contribution is -0.153. The minimum atomic E-state index is -0.867. The van der Waals surface area contributed by atoms with Gasteiger partial charge >= 0.3 is 11.9 Å². The molecule has 0 aromatic heterocycles. The van der Waals surface area contributed by atoms with Crippen LogP contribution in [0.5, 0.6) is 0 Å². The van der Waals surface area contributed by atoms with Crippen LogP contribution in [0.15, 0.2) is 5.16 Å². The van der Waals surface area contributed by atoms with Gasteiger partial charge in [0.1, 0.15) is 6.10 Å². The molecule has 0 heterocycles. The molecular formula is C7H10BrNO4. The van der Waals surface area contributed by atoms with Crippen molar-refractivity contribution >= 4 is 32.5 Å². The first-order valence-electron chi connectivity index (χ1n) is 3.55. The van der Waals surface area contributed by atoms with Gasteiger partial charge in [-0.1, -0.05) is 5.16 Å². The molecule has 0 radical (unpaired) electrons. The predicted molar refractivity (Wildman–Crippen MR) is 49.4 cm³/mol. The van der Waals surface area contributed by atoms with Crippen LogP contribution in [-0.4, -0.2) is 22.7 Å². The molecule has 0 atom stereocenters. The van der Waals surface area contributed by atoms with Gasteiger partial charge in [0, 0.05) is 6.92 Å². The van der Waals surface area contributed by atoms with Gasteiger partial charge in [-0.3, -0.25) is 4.79 Å². The summed E-state index contributed by atoms with van der Waals surface area (Å²) >= 11 is 2.80. The van der Waals surface area contributed by atoms with E-state index in [1.165, 1.54) is 0 Å². The molecule has 0 saturated heterocycles. The van der Waals surface area contributed by atoms with E-state index in [2.05, 4.69) is 25.8 Å². The van der Waals surface area contributed by atoms with E-state index in [0.717, 1.165) is 6.92 Å². The Morgan fingerprint density at radius 1 is 1.38 bits per heavy atom. The number of hydrogen-bond acceptors (Lipinski definition) is 5. The molecular weight excluding hydrogens is 242 g/mol. The van der Waals surface area contributed by atoms with Crippen LogP contribution < -0.4 is 0 Å². The Labute approximate surface area is 84.2 Å². The number of ether oxygens (including phenoxy) is 1. The van der Waals surface area contributed by atoms with E-state index >= 15 is 0 Å². The van der Waals surface area contributed by atoms with Crippen molar-refractivity contribution in [3.05, 3.63) is 0 Å². The molecule has 6 heteroatoms. The summed E-state index contributed by atoms with van der Waals surface area (Å²) < 4.78 is 4.04. The van der Waals surface area contributed by atoms with Gasteiger partial charge in [0.2, 0.25) is 4.62 Å². The van der Waals surface area contributed by atoms with Crippen LogP contribution in [0.25, 0.3) is 0 Å². The van der Waals surface area contributed by atoms with Gasteiger partial charge in [-0.25, -0.2) is 4.79 Å². The minimum Gasteiger partial charge on any atom is -0.392 e. The second kappa shape index (κ2) is 5.69. The summed E-state index contributed by atoms with van der Waals surface area (Å²) in [6.07, 6.45) is -0.141. The summed E-state index contributed by atoms with van der Waals surface area (Å²) in [6.45, 7) is 4.63. The van der Waals surface area contributed by atoms with Crippen LogP contribution in [-0.2, 0) is 19.2 Å². The fourth-order valence-electron chi connectivity index (χ4n) is 0.362. The van der Waals surface area contributed by atoms with Crippen molar-refractivity contribution < 1.29 is 19.2 Å². The number of carbonyl (C=O) groups excluding carboxylic acids is 2.